The maximum Gasteiger partial charge on any atom is 0.173 e. The maximum atomic E-state index is 8.89. The number of benzene rings is 1. The average Bonchev–Trinajstić information content (AvgIpc) is 2.29. The van der Waals surface area contributed by atoms with Crippen LogP contribution < -0.4 is 5.32 Å². The predicted octanol–water partition coefficient (Wildman–Crippen LogP) is 2.01. The highest BCUT2D eigenvalue weighted by molar-refractivity contribution is 7.80. The van der Waals surface area contributed by atoms with Crippen LogP contribution in [0, 0.1) is 6.92 Å². The number of likely N-dealkylation sites (N-methyl/N-ethyl adjacent to an activating group) is 1. The zero-order valence-electron chi connectivity index (χ0n) is 9.73. The summed E-state index contributed by atoms with van der Waals surface area (Å²) in [6.45, 7) is 5.53. The number of aryl methyl sites for hydroxylation is 1. The average molecular weight is 238 g/mol. The summed E-state index contributed by atoms with van der Waals surface area (Å²) in [6, 6.07) is 8.06. The fourth-order valence-corrected chi connectivity index (χ4v) is 1.70. The molecule has 0 amide bonds. The molecule has 0 aliphatic carbocycles. The number of anilines is 1. The number of nitrogens with zero attached hydrogens (tertiary/aromatic N) is 1. The van der Waals surface area contributed by atoms with Gasteiger partial charge in [-0.15, -0.1) is 0 Å². The van der Waals surface area contributed by atoms with Gasteiger partial charge in [-0.05, 0) is 38.2 Å². The number of hydrogen-bond donors (Lipinski definition) is 2. The first-order valence-corrected chi connectivity index (χ1v) is 5.81. The molecule has 88 valence electrons. The molecular formula is C12H18N2OS. The molecule has 4 heteroatoms. The van der Waals surface area contributed by atoms with Crippen LogP contribution >= 0.6 is 12.2 Å². The molecule has 2 N–H and O–H groups in total. The van der Waals surface area contributed by atoms with Crippen molar-refractivity contribution in [2.24, 2.45) is 0 Å². The third kappa shape index (κ3) is 3.79. The standard InChI is InChI=1S/C12H18N2OS/c1-3-14(8-9-15)12(16)13-11-6-4-10(2)5-7-11/h4-7,15H,3,8-9H2,1-2H3,(H,13,16). The summed E-state index contributed by atoms with van der Waals surface area (Å²) in [5.74, 6) is 0. The first-order valence-electron chi connectivity index (χ1n) is 5.40. The minimum atomic E-state index is 0.115. The van der Waals surface area contributed by atoms with E-state index in [1.165, 1.54) is 5.56 Å². The first kappa shape index (κ1) is 12.9. The van der Waals surface area contributed by atoms with Crippen LogP contribution in [0.1, 0.15) is 12.5 Å². The molecule has 0 atom stereocenters. The topological polar surface area (TPSA) is 35.5 Å². The Morgan fingerprint density at radius 2 is 2.00 bits per heavy atom. The SMILES string of the molecule is CCN(CCO)C(=S)Nc1ccc(C)cc1. The Kier molecular flexibility index (Phi) is 5.22. The summed E-state index contributed by atoms with van der Waals surface area (Å²) in [4.78, 5) is 1.93. The van der Waals surface area contributed by atoms with Gasteiger partial charge in [-0.3, -0.25) is 0 Å². The number of aliphatic hydroxyl groups excluding tert-OH is 1. The van der Waals surface area contributed by atoms with Crippen molar-refractivity contribution in [1.29, 1.82) is 0 Å². The Labute approximate surface area is 102 Å². The van der Waals surface area contributed by atoms with E-state index in [4.69, 9.17) is 17.3 Å². The van der Waals surface area contributed by atoms with E-state index in [-0.39, 0.29) is 6.61 Å². The monoisotopic (exact) mass is 238 g/mol. The van der Waals surface area contributed by atoms with Gasteiger partial charge in [-0.1, -0.05) is 17.7 Å². The third-order valence-electron chi connectivity index (χ3n) is 2.34. The summed E-state index contributed by atoms with van der Waals surface area (Å²) >= 11 is 5.26. The van der Waals surface area contributed by atoms with E-state index < -0.39 is 0 Å². The van der Waals surface area contributed by atoms with Crippen LogP contribution in [-0.4, -0.2) is 34.8 Å². The van der Waals surface area contributed by atoms with Gasteiger partial charge in [0.2, 0.25) is 0 Å². The molecule has 0 saturated heterocycles. The Hall–Kier alpha value is -1.13. The van der Waals surface area contributed by atoms with Gasteiger partial charge in [0.05, 0.1) is 6.61 Å². The van der Waals surface area contributed by atoms with E-state index in [0.29, 0.717) is 11.7 Å². The molecule has 0 aliphatic rings. The van der Waals surface area contributed by atoms with Gasteiger partial charge in [-0.25, -0.2) is 0 Å². The van der Waals surface area contributed by atoms with Crippen molar-refractivity contribution in [1.82, 2.24) is 4.90 Å². The second kappa shape index (κ2) is 6.45. The minimum Gasteiger partial charge on any atom is -0.395 e. The summed E-state index contributed by atoms with van der Waals surface area (Å²) in [7, 11) is 0. The number of aliphatic hydroxyl groups is 1. The molecule has 0 heterocycles. The largest absolute Gasteiger partial charge is 0.395 e. The number of nitrogens with one attached hydrogen (secondary N) is 1. The lowest BCUT2D eigenvalue weighted by Gasteiger charge is -2.23. The van der Waals surface area contributed by atoms with Crippen molar-refractivity contribution in [3.8, 4) is 0 Å². The van der Waals surface area contributed by atoms with Crippen molar-refractivity contribution in [2.45, 2.75) is 13.8 Å². The molecule has 1 rings (SSSR count). The van der Waals surface area contributed by atoms with Crippen LogP contribution in [0.2, 0.25) is 0 Å². The van der Waals surface area contributed by atoms with Crippen LogP contribution in [0.25, 0.3) is 0 Å². The summed E-state index contributed by atoms with van der Waals surface area (Å²) in [5.41, 5.74) is 2.20. The number of hydrogen-bond acceptors (Lipinski definition) is 2. The predicted molar refractivity (Wildman–Crippen MR) is 71.7 cm³/mol. The molecule has 0 aliphatic heterocycles. The zero-order valence-corrected chi connectivity index (χ0v) is 10.5. The maximum absolute atomic E-state index is 8.89. The van der Waals surface area contributed by atoms with Crippen LogP contribution in [-0.2, 0) is 0 Å². The Balaban J connectivity index is 2.59. The van der Waals surface area contributed by atoms with Gasteiger partial charge < -0.3 is 15.3 Å². The van der Waals surface area contributed by atoms with Gasteiger partial charge in [0, 0.05) is 18.8 Å². The molecule has 0 fully saturated rings. The van der Waals surface area contributed by atoms with E-state index in [1.807, 2.05) is 43.0 Å². The second-order valence-corrected chi connectivity index (χ2v) is 3.99. The molecular weight excluding hydrogens is 220 g/mol. The Morgan fingerprint density at radius 1 is 1.38 bits per heavy atom. The molecule has 1 aromatic rings. The lowest BCUT2D eigenvalue weighted by atomic mass is 10.2. The molecule has 0 saturated carbocycles. The van der Waals surface area contributed by atoms with Crippen LogP contribution in [0.4, 0.5) is 5.69 Å². The molecule has 0 bridgehead atoms. The quantitative estimate of drug-likeness (QED) is 0.787. The van der Waals surface area contributed by atoms with Gasteiger partial charge in [0.25, 0.3) is 0 Å². The van der Waals surface area contributed by atoms with E-state index >= 15 is 0 Å². The number of rotatable bonds is 4. The van der Waals surface area contributed by atoms with E-state index in [0.717, 1.165) is 12.2 Å². The third-order valence-corrected chi connectivity index (χ3v) is 2.70. The lowest BCUT2D eigenvalue weighted by Crippen LogP contribution is -2.36. The number of thiocarbonyl (C=S) groups is 1. The molecule has 3 nitrogen and oxygen atoms in total. The molecule has 0 aromatic heterocycles. The summed E-state index contributed by atoms with van der Waals surface area (Å²) in [5, 5.41) is 12.7. The van der Waals surface area contributed by atoms with Crippen molar-refractivity contribution in [3.63, 3.8) is 0 Å². The van der Waals surface area contributed by atoms with Crippen LogP contribution in [0.5, 0.6) is 0 Å². The second-order valence-electron chi connectivity index (χ2n) is 3.60. The van der Waals surface area contributed by atoms with Gasteiger partial charge in [0.1, 0.15) is 0 Å². The smallest absolute Gasteiger partial charge is 0.173 e. The lowest BCUT2D eigenvalue weighted by molar-refractivity contribution is 0.254. The van der Waals surface area contributed by atoms with Crippen molar-refractivity contribution in [3.05, 3.63) is 29.8 Å². The minimum absolute atomic E-state index is 0.115. The highest BCUT2D eigenvalue weighted by Gasteiger charge is 2.06. The molecule has 1 aromatic carbocycles. The molecule has 0 spiro atoms. The van der Waals surface area contributed by atoms with E-state index in [1.54, 1.807) is 0 Å². The van der Waals surface area contributed by atoms with E-state index in [9.17, 15) is 0 Å². The zero-order chi connectivity index (χ0) is 12.0. The fourth-order valence-electron chi connectivity index (χ4n) is 1.36. The molecule has 0 unspecified atom stereocenters. The van der Waals surface area contributed by atoms with Gasteiger partial charge in [0.15, 0.2) is 5.11 Å². The first-order chi connectivity index (χ1) is 7.67. The Morgan fingerprint density at radius 3 is 2.50 bits per heavy atom. The van der Waals surface area contributed by atoms with Gasteiger partial charge in [-0.2, -0.15) is 0 Å². The van der Waals surface area contributed by atoms with Crippen LogP contribution in [0.15, 0.2) is 24.3 Å². The highest BCUT2D eigenvalue weighted by Crippen LogP contribution is 2.09. The summed E-state index contributed by atoms with van der Waals surface area (Å²) in [6.07, 6.45) is 0. The fraction of sp³-hybridized carbons (Fsp3) is 0.417. The summed E-state index contributed by atoms with van der Waals surface area (Å²) < 4.78 is 0. The Bertz CT molecular complexity index is 337. The van der Waals surface area contributed by atoms with E-state index in [2.05, 4.69) is 5.32 Å². The molecule has 16 heavy (non-hydrogen) atoms. The molecule has 0 radical (unpaired) electrons. The van der Waals surface area contributed by atoms with Crippen molar-refractivity contribution in [2.75, 3.05) is 25.0 Å². The van der Waals surface area contributed by atoms with Crippen LogP contribution in [0.3, 0.4) is 0 Å². The van der Waals surface area contributed by atoms with Gasteiger partial charge >= 0.3 is 0 Å². The van der Waals surface area contributed by atoms with Crippen molar-refractivity contribution < 1.29 is 5.11 Å². The highest BCUT2D eigenvalue weighted by atomic mass is 32.1. The normalized spacial score (nSPS) is 9.94. The van der Waals surface area contributed by atoms with Crippen molar-refractivity contribution >= 4 is 23.0 Å².